The molecule has 0 bridgehead atoms. The summed E-state index contributed by atoms with van der Waals surface area (Å²) in [6.07, 6.45) is 1.10. The molecule has 0 saturated carbocycles. The van der Waals surface area contributed by atoms with Gasteiger partial charge in [-0.1, -0.05) is 6.92 Å². The zero-order valence-electron chi connectivity index (χ0n) is 9.95. The molecule has 0 aromatic rings. The Hall–Kier alpha value is -1.10. The van der Waals surface area contributed by atoms with Gasteiger partial charge in [0.2, 0.25) is 11.8 Å². The molecule has 0 aromatic carbocycles. The van der Waals surface area contributed by atoms with Crippen molar-refractivity contribution in [3.05, 3.63) is 0 Å². The number of nitrogens with two attached hydrogens (primary N) is 1. The first-order chi connectivity index (χ1) is 7.49. The van der Waals surface area contributed by atoms with E-state index >= 15 is 0 Å². The molecular weight excluding hydrogens is 206 g/mol. The summed E-state index contributed by atoms with van der Waals surface area (Å²) < 4.78 is 0. The van der Waals surface area contributed by atoms with E-state index in [-0.39, 0.29) is 30.2 Å². The smallest absolute Gasteiger partial charge is 0.224 e. The van der Waals surface area contributed by atoms with E-state index in [2.05, 4.69) is 17.6 Å². The summed E-state index contributed by atoms with van der Waals surface area (Å²) >= 11 is 0. The van der Waals surface area contributed by atoms with E-state index in [0.29, 0.717) is 5.92 Å². The van der Waals surface area contributed by atoms with Crippen LogP contribution in [0.25, 0.3) is 0 Å². The van der Waals surface area contributed by atoms with E-state index in [9.17, 15) is 9.59 Å². The average molecular weight is 227 g/mol. The van der Waals surface area contributed by atoms with E-state index in [4.69, 9.17) is 5.73 Å². The number of carbonyl (C=O) groups is 2. The van der Waals surface area contributed by atoms with Crippen LogP contribution in [0.5, 0.6) is 0 Å². The van der Waals surface area contributed by atoms with Gasteiger partial charge in [0.1, 0.15) is 0 Å². The number of hydrogen-bond donors (Lipinski definition) is 3. The van der Waals surface area contributed by atoms with Crippen molar-refractivity contribution >= 4 is 11.8 Å². The van der Waals surface area contributed by atoms with Gasteiger partial charge >= 0.3 is 0 Å². The van der Waals surface area contributed by atoms with Crippen LogP contribution in [0.15, 0.2) is 0 Å². The van der Waals surface area contributed by atoms with Crippen molar-refractivity contribution in [3.63, 3.8) is 0 Å². The number of nitrogens with one attached hydrogen (secondary N) is 2. The van der Waals surface area contributed by atoms with Crippen molar-refractivity contribution < 1.29 is 9.59 Å². The monoisotopic (exact) mass is 227 g/mol. The summed E-state index contributed by atoms with van der Waals surface area (Å²) in [4.78, 5) is 22.5. The fraction of sp³-hybridized carbons (Fsp3) is 0.818. The van der Waals surface area contributed by atoms with Crippen LogP contribution in [-0.4, -0.2) is 30.9 Å². The Balaban J connectivity index is 2.36. The van der Waals surface area contributed by atoms with Crippen LogP contribution in [0.4, 0.5) is 0 Å². The number of amides is 2. The van der Waals surface area contributed by atoms with Gasteiger partial charge in [0, 0.05) is 19.0 Å². The standard InChI is InChI=1S/C11H21N3O2/c1-7-3-9(6-13-5-7)11(16)14-8(2)4-10(12)15/h7-9,13H,3-6H2,1-2H3,(H2,12,15)(H,14,16). The van der Waals surface area contributed by atoms with E-state index < -0.39 is 0 Å². The number of piperidine rings is 1. The molecule has 3 atom stereocenters. The lowest BCUT2D eigenvalue weighted by Gasteiger charge is -2.27. The van der Waals surface area contributed by atoms with Gasteiger partial charge in [-0.25, -0.2) is 0 Å². The summed E-state index contributed by atoms with van der Waals surface area (Å²) in [5, 5.41) is 6.05. The van der Waals surface area contributed by atoms with Gasteiger partial charge in [-0.3, -0.25) is 9.59 Å². The molecule has 0 spiro atoms. The van der Waals surface area contributed by atoms with Crippen LogP contribution in [0.3, 0.4) is 0 Å². The first-order valence-corrected chi connectivity index (χ1v) is 5.78. The van der Waals surface area contributed by atoms with Gasteiger partial charge in [-0.2, -0.15) is 0 Å². The third-order valence-corrected chi connectivity index (χ3v) is 2.84. The van der Waals surface area contributed by atoms with Crippen LogP contribution in [0.1, 0.15) is 26.7 Å². The second-order valence-electron chi connectivity index (χ2n) is 4.78. The van der Waals surface area contributed by atoms with Crippen LogP contribution in [-0.2, 0) is 9.59 Å². The molecule has 92 valence electrons. The molecule has 1 rings (SSSR count). The second-order valence-corrected chi connectivity index (χ2v) is 4.78. The molecule has 5 nitrogen and oxygen atoms in total. The maximum atomic E-state index is 11.8. The maximum absolute atomic E-state index is 11.8. The molecule has 3 unspecified atom stereocenters. The normalized spacial score (nSPS) is 27.1. The summed E-state index contributed by atoms with van der Waals surface area (Å²) in [5.41, 5.74) is 5.07. The highest BCUT2D eigenvalue weighted by atomic mass is 16.2. The fourth-order valence-corrected chi connectivity index (χ4v) is 2.07. The number of hydrogen-bond acceptors (Lipinski definition) is 3. The van der Waals surface area contributed by atoms with Crippen LogP contribution < -0.4 is 16.4 Å². The molecule has 5 heteroatoms. The molecule has 0 aromatic heterocycles. The highest BCUT2D eigenvalue weighted by Crippen LogP contribution is 2.15. The Morgan fingerprint density at radius 3 is 2.75 bits per heavy atom. The lowest BCUT2D eigenvalue weighted by atomic mass is 9.91. The maximum Gasteiger partial charge on any atom is 0.224 e. The molecule has 1 heterocycles. The minimum absolute atomic E-state index is 0.0130. The van der Waals surface area contributed by atoms with Crippen LogP contribution in [0, 0.1) is 11.8 Å². The Kier molecular flexibility index (Phi) is 4.73. The SMILES string of the molecule is CC1CNCC(C(=O)NC(C)CC(N)=O)C1. The topological polar surface area (TPSA) is 84.2 Å². The Morgan fingerprint density at radius 2 is 2.19 bits per heavy atom. The van der Waals surface area contributed by atoms with Gasteiger partial charge < -0.3 is 16.4 Å². The predicted octanol–water partition coefficient (Wildman–Crippen LogP) is -0.388. The Labute approximate surface area is 96.1 Å². The zero-order valence-corrected chi connectivity index (χ0v) is 9.95. The van der Waals surface area contributed by atoms with Crippen molar-refractivity contribution in [3.8, 4) is 0 Å². The lowest BCUT2D eigenvalue weighted by molar-refractivity contribution is -0.126. The van der Waals surface area contributed by atoms with E-state index in [1.807, 2.05) is 0 Å². The van der Waals surface area contributed by atoms with Crippen molar-refractivity contribution in [1.29, 1.82) is 0 Å². The van der Waals surface area contributed by atoms with Gasteiger partial charge in [0.25, 0.3) is 0 Å². The van der Waals surface area contributed by atoms with Gasteiger partial charge in [0.05, 0.1) is 5.92 Å². The molecule has 1 fully saturated rings. The predicted molar refractivity (Wildman–Crippen MR) is 61.6 cm³/mol. The Bertz CT molecular complexity index is 268. The quantitative estimate of drug-likeness (QED) is 0.611. The zero-order chi connectivity index (χ0) is 12.1. The lowest BCUT2D eigenvalue weighted by Crippen LogP contribution is -2.46. The molecule has 16 heavy (non-hydrogen) atoms. The van der Waals surface area contributed by atoms with E-state index in [0.717, 1.165) is 19.5 Å². The minimum Gasteiger partial charge on any atom is -0.370 e. The first kappa shape index (κ1) is 13.0. The van der Waals surface area contributed by atoms with E-state index in [1.54, 1.807) is 6.92 Å². The van der Waals surface area contributed by atoms with Crippen molar-refractivity contribution in [2.45, 2.75) is 32.7 Å². The van der Waals surface area contributed by atoms with Crippen molar-refractivity contribution in [2.24, 2.45) is 17.6 Å². The second kappa shape index (κ2) is 5.84. The van der Waals surface area contributed by atoms with E-state index in [1.165, 1.54) is 0 Å². The summed E-state index contributed by atoms with van der Waals surface area (Å²) in [6, 6.07) is -0.178. The van der Waals surface area contributed by atoms with Crippen LogP contribution in [0.2, 0.25) is 0 Å². The number of rotatable bonds is 4. The van der Waals surface area contributed by atoms with Crippen LogP contribution >= 0.6 is 0 Å². The molecule has 1 saturated heterocycles. The van der Waals surface area contributed by atoms with Crippen molar-refractivity contribution in [1.82, 2.24) is 10.6 Å². The van der Waals surface area contributed by atoms with Gasteiger partial charge in [-0.15, -0.1) is 0 Å². The first-order valence-electron chi connectivity index (χ1n) is 5.78. The molecule has 1 aliphatic heterocycles. The largest absolute Gasteiger partial charge is 0.370 e. The Morgan fingerprint density at radius 1 is 1.50 bits per heavy atom. The van der Waals surface area contributed by atoms with Crippen molar-refractivity contribution in [2.75, 3.05) is 13.1 Å². The highest BCUT2D eigenvalue weighted by molar-refractivity contribution is 5.80. The third-order valence-electron chi connectivity index (χ3n) is 2.84. The number of primary amides is 1. The summed E-state index contributed by atoms with van der Waals surface area (Å²) in [5.74, 6) is 0.172. The molecule has 1 aliphatic rings. The highest BCUT2D eigenvalue weighted by Gasteiger charge is 2.25. The molecule has 2 amide bonds. The number of carbonyl (C=O) groups excluding carboxylic acids is 2. The summed E-state index contributed by atoms with van der Waals surface area (Å²) in [6.45, 7) is 5.61. The third kappa shape index (κ3) is 4.18. The van der Waals surface area contributed by atoms with Gasteiger partial charge in [0.15, 0.2) is 0 Å². The molecule has 0 radical (unpaired) electrons. The molecule has 0 aliphatic carbocycles. The average Bonchev–Trinajstić information content (AvgIpc) is 2.16. The van der Waals surface area contributed by atoms with Gasteiger partial charge in [-0.05, 0) is 25.8 Å². The minimum atomic E-state index is -0.386. The molecule has 4 N–H and O–H groups in total. The fourth-order valence-electron chi connectivity index (χ4n) is 2.07. The summed E-state index contributed by atoms with van der Waals surface area (Å²) in [7, 11) is 0. The molecular formula is C11H21N3O2.